The van der Waals surface area contributed by atoms with Crippen LogP contribution in [0.15, 0.2) is 85.1 Å². The second kappa shape index (κ2) is 11.7. The van der Waals surface area contributed by atoms with E-state index in [2.05, 4.69) is 13.0 Å². The highest BCUT2D eigenvalue weighted by atomic mass is 32.1. The van der Waals surface area contributed by atoms with E-state index in [1.54, 1.807) is 0 Å². The van der Waals surface area contributed by atoms with Crippen molar-refractivity contribution in [2.75, 3.05) is 6.61 Å². The summed E-state index contributed by atoms with van der Waals surface area (Å²) >= 11 is 1.52. The summed E-state index contributed by atoms with van der Waals surface area (Å²) < 4.78 is 8.84. The van der Waals surface area contributed by atoms with Gasteiger partial charge in [-0.1, -0.05) is 56.5 Å². The number of aromatic nitrogens is 3. The van der Waals surface area contributed by atoms with Gasteiger partial charge in [-0.3, -0.25) is 0 Å². The summed E-state index contributed by atoms with van der Waals surface area (Å²) in [6, 6.07) is 28.3. The molecule has 0 unspecified atom stereocenters. The Labute approximate surface area is 221 Å². The van der Waals surface area contributed by atoms with Crippen molar-refractivity contribution >= 4 is 33.2 Å². The maximum absolute atomic E-state index is 10.0. The normalized spacial score (nSPS) is 11.5. The molecule has 5 aromatic rings. The Kier molecular flexibility index (Phi) is 7.73. The first kappa shape index (κ1) is 24.5. The molecule has 2 aromatic heterocycles. The Bertz CT molecular complexity index is 1510. The monoisotopic (exact) mass is 504 g/mol. The molecule has 3 aromatic carbocycles. The third-order valence-electron chi connectivity index (χ3n) is 6.10. The number of hydrogen-bond acceptors (Lipinski definition) is 5. The van der Waals surface area contributed by atoms with Gasteiger partial charge in [0, 0.05) is 17.3 Å². The molecule has 0 radical (unpaired) electrons. The highest BCUT2D eigenvalue weighted by Gasteiger charge is 2.15. The first-order valence-electron chi connectivity index (χ1n) is 12.6. The van der Waals surface area contributed by atoms with Gasteiger partial charge in [0.05, 0.1) is 33.8 Å². The van der Waals surface area contributed by atoms with Gasteiger partial charge in [0.15, 0.2) is 0 Å². The average molecular weight is 505 g/mol. The van der Waals surface area contributed by atoms with Gasteiger partial charge < -0.3 is 4.74 Å². The van der Waals surface area contributed by atoms with Crippen LogP contribution in [0.5, 0.6) is 5.75 Å². The van der Waals surface area contributed by atoms with Gasteiger partial charge in [0.2, 0.25) is 0 Å². The van der Waals surface area contributed by atoms with Gasteiger partial charge in [-0.15, -0.1) is 11.3 Å². The lowest BCUT2D eigenvalue weighted by Gasteiger charge is -2.07. The molecular weight excluding hydrogens is 476 g/mol. The molecular formula is C31H28N4OS. The molecule has 0 N–H and O–H groups in total. The zero-order chi connectivity index (χ0) is 25.5. The van der Waals surface area contributed by atoms with E-state index in [1.807, 2.05) is 95.8 Å². The molecule has 0 fully saturated rings. The summed E-state index contributed by atoms with van der Waals surface area (Å²) in [5, 5.41) is 15.6. The molecule has 0 bridgehead atoms. The molecule has 37 heavy (non-hydrogen) atoms. The number of fused-ring (bicyclic) bond motifs is 1. The summed E-state index contributed by atoms with van der Waals surface area (Å²) in [6.45, 7) is 2.93. The van der Waals surface area contributed by atoms with E-state index in [4.69, 9.17) is 14.8 Å². The smallest absolute Gasteiger partial charge is 0.135 e. The van der Waals surface area contributed by atoms with Crippen molar-refractivity contribution in [3.63, 3.8) is 0 Å². The molecule has 5 nitrogen and oxygen atoms in total. The average Bonchev–Trinajstić information content (AvgIpc) is 3.57. The topological polar surface area (TPSA) is 63.7 Å². The van der Waals surface area contributed by atoms with Crippen LogP contribution in [0, 0.1) is 11.3 Å². The van der Waals surface area contributed by atoms with E-state index in [0.29, 0.717) is 10.6 Å². The number of allylic oxidation sites excluding steroid dienone is 1. The molecule has 0 spiro atoms. The molecule has 0 amide bonds. The van der Waals surface area contributed by atoms with Crippen LogP contribution in [0.4, 0.5) is 0 Å². The van der Waals surface area contributed by atoms with Crippen molar-refractivity contribution in [2.45, 2.75) is 32.6 Å². The van der Waals surface area contributed by atoms with Crippen molar-refractivity contribution in [3.05, 3.63) is 95.6 Å². The zero-order valence-electron chi connectivity index (χ0n) is 20.8. The molecule has 0 aliphatic rings. The fourth-order valence-corrected chi connectivity index (χ4v) is 5.07. The first-order chi connectivity index (χ1) is 18.2. The number of thiazole rings is 1. The largest absolute Gasteiger partial charge is 0.494 e. The number of nitrogens with zero attached hydrogens (tertiary/aromatic N) is 4. The van der Waals surface area contributed by atoms with Gasteiger partial charge in [-0.25, -0.2) is 9.67 Å². The predicted octanol–water partition coefficient (Wildman–Crippen LogP) is 8.17. The Hall–Kier alpha value is -4.21. The van der Waals surface area contributed by atoms with Crippen LogP contribution < -0.4 is 4.74 Å². The molecule has 0 aliphatic carbocycles. The summed E-state index contributed by atoms with van der Waals surface area (Å²) in [5.41, 5.74) is 4.98. The Morgan fingerprint density at radius 3 is 2.51 bits per heavy atom. The maximum Gasteiger partial charge on any atom is 0.135 e. The van der Waals surface area contributed by atoms with E-state index in [0.717, 1.165) is 51.5 Å². The second-order valence-corrected chi connectivity index (χ2v) is 9.83. The third-order valence-corrected chi connectivity index (χ3v) is 7.17. The van der Waals surface area contributed by atoms with Crippen molar-refractivity contribution in [1.29, 1.82) is 5.26 Å². The zero-order valence-corrected chi connectivity index (χ0v) is 21.6. The highest BCUT2D eigenvalue weighted by Crippen LogP contribution is 2.32. The lowest BCUT2D eigenvalue weighted by atomic mass is 10.1. The van der Waals surface area contributed by atoms with E-state index in [9.17, 15) is 5.26 Å². The van der Waals surface area contributed by atoms with Gasteiger partial charge >= 0.3 is 0 Å². The molecule has 0 aliphatic heterocycles. The van der Waals surface area contributed by atoms with Crippen LogP contribution in [-0.2, 0) is 0 Å². The van der Waals surface area contributed by atoms with Crippen molar-refractivity contribution in [2.24, 2.45) is 0 Å². The minimum absolute atomic E-state index is 0.516. The number of para-hydroxylation sites is 2. The standard InChI is InChI=1S/C31H28N4OS/c1-2-3-4-10-19-36-27-17-15-23(16-18-27)30-25(22-35(34-30)26-11-6-5-7-12-26)20-24(21-32)31-33-28-13-8-9-14-29(28)37-31/h5-9,11-18,20,22H,2-4,10,19H2,1H3/b24-20+. The van der Waals surface area contributed by atoms with E-state index in [-0.39, 0.29) is 0 Å². The second-order valence-electron chi connectivity index (χ2n) is 8.80. The van der Waals surface area contributed by atoms with Crippen LogP contribution in [0.25, 0.3) is 38.8 Å². The van der Waals surface area contributed by atoms with E-state index >= 15 is 0 Å². The fraction of sp³-hybridized carbons (Fsp3) is 0.194. The Morgan fingerprint density at radius 2 is 1.76 bits per heavy atom. The Balaban J connectivity index is 1.48. The lowest BCUT2D eigenvalue weighted by molar-refractivity contribution is 0.305. The Morgan fingerprint density at radius 1 is 0.973 bits per heavy atom. The molecule has 6 heteroatoms. The SMILES string of the molecule is CCCCCCOc1ccc(-c2nn(-c3ccccc3)cc2/C=C(\C#N)c2nc3ccccc3s2)cc1. The number of unbranched alkanes of at least 4 members (excludes halogenated alkanes) is 3. The summed E-state index contributed by atoms with van der Waals surface area (Å²) in [7, 11) is 0. The molecule has 0 saturated heterocycles. The van der Waals surface area contributed by atoms with Crippen LogP contribution >= 0.6 is 11.3 Å². The highest BCUT2D eigenvalue weighted by molar-refractivity contribution is 7.19. The molecule has 0 saturated carbocycles. The summed E-state index contributed by atoms with van der Waals surface area (Å²) in [6.07, 6.45) is 8.56. The van der Waals surface area contributed by atoms with Crippen LogP contribution in [0.1, 0.15) is 43.2 Å². The lowest BCUT2D eigenvalue weighted by Crippen LogP contribution is -1.97. The molecule has 184 valence electrons. The number of nitriles is 1. The predicted molar refractivity (Wildman–Crippen MR) is 152 cm³/mol. The van der Waals surface area contributed by atoms with Gasteiger partial charge in [0.25, 0.3) is 0 Å². The van der Waals surface area contributed by atoms with E-state index in [1.165, 1.54) is 30.6 Å². The maximum atomic E-state index is 10.0. The number of hydrogen-bond donors (Lipinski definition) is 0. The van der Waals surface area contributed by atoms with Gasteiger partial charge in [-0.05, 0) is 61.0 Å². The quantitative estimate of drug-likeness (QED) is 0.142. The first-order valence-corrected chi connectivity index (χ1v) is 13.4. The van der Waals surface area contributed by atoms with Crippen molar-refractivity contribution in [3.8, 4) is 28.8 Å². The fourth-order valence-electron chi connectivity index (χ4n) is 4.14. The van der Waals surface area contributed by atoms with Gasteiger partial charge in [-0.2, -0.15) is 10.4 Å². The minimum Gasteiger partial charge on any atom is -0.494 e. The van der Waals surface area contributed by atoms with Gasteiger partial charge in [0.1, 0.15) is 16.8 Å². The third kappa shape index (κ3) is 5.79. The molecule has 2 heterocycles. The number of benzene rings is 3. The summed E-state index contributed by atoms with van der Waals surface area (Å²) in [5.74, 6) is 0.854. The summed E-state index contributed by atoms with van der Waals surface area (Å²) in [4.78, 5) is 4.69. The number of rotatable bonds is 10. The van der Waals surface area contributed by atoms with Crippen molar-refractivity contribution < 1.29 is 4.74 Å². The van der Waals surface area contributed by atoms with Crippen LogP contribution in [-0.4, -0.2) is 21.4 Å². The van der Waals surface area contributed by atoms with Crippen LogP contribution in [0.2, 0.25) is 0 Å². The molecule has 0 atom stereocenters. The number of ether oxygens (including phenoxy) is 1. The molecule has 5 rings (SSSR count). The van der Waals surface area contributed by atoms with Crippen molar-refractivity contribution in [1.82, 2.24) is 14.8 Å². The van der Waals surface area contributed by atoms with Crippen LogP contribution in [0.3, 0.4) is 0 Å². The minimum atomic E-state index is 0.516. The van der Waals surface area contributed by atoms with E-state index < -0.39 is 0 Å².